The molecule has 0 fully saturated rings. The number of ether oxygens (including phenoxy) is 2. The first-order valence-electron chi connectivity index (χ1n) is 7.39. The van der Waals surface area contributed by atoms with Gasteiger partial charge in [-0.1, -0.05) is 36.4 Å². The van der Waals surface area contributed by atoms with Crippen molar-refractivity contribution in [3.05, 3.63) is 66.4 Å². The number of benzene rings is 2. The van der Waals surface area contributed by atoms with Crippen molar-refractivity contribution in [1.29, 1.82) is 0 Å². The highest BCUT2D eigenvalue weighted by molar-refractivity contribution is 5.59. The van der Waals surface area contributed by atoms with Crippen LogP contribution in [0.2, 0.25) is 0 Å². The lowest BCUT2D eigenvalue weighted by Gasteiger charge is -2.07. The van der Waals surface area contributed by atoms with Gasteiger partial charge in [-0.25, -0.2) is 9.97 Å². The van der Waals surface area contributed by atoms with Crippen molar-refractivity contribution in [2.75, 3.05) is 12.1 Å². The zero-order valence-electron chi connectivity index (χ0n) is 12.4. The van der Waals surface area contributed by atoms with Gasteiger partial charge >= 0.3 is 0 Å². The topological polar surface area (TPSA) is 56.3 Å². The van der Waals surface area contributed by atoms with Gasteiger partial charge in [-0.2, -0.15) is 0 Å². The number of hydrogen-bond acceptors (Lipinski definition) is 5. The SMILES string of the molecule is c1ccc(-c2ccnc(NCc3ccc4c(c3)OCO4)n2)cc1. The minimum absolute atomic E-state index is 0.286. The zero-order valence-corrected chi connectivity index (χ0v) is 12.4. The smallest absolute Gasteiger partial charge is 0.231 e. The van der Waals surface area contributed by atoms with Crippen LogP contribution < -0.4 is 14.8 Å². The van der Waals surface area contributed by atoms with Crippen LogP contribution >= 0.6 is 0 Å². The third kappa shape index (κ3) is 2.94. The van der Waals surface area contributed by atoms with Crippen LogP contribution in [0.1, 0.15) is 5.56 Å². The van der Waals surface area contributed by atoms with E-state index in [0.717, 1.165) is 28.3 Å². The maximum Gasteiger partial charge on any atom is 0.231 e. The Morgan fingerprint density at radius 3 is 2.74 bits per heavy atom. The molecule has 0 spiro atoms. The van der Waals surface area contributed by atoms with Crippen molar-refractivity contribution in [3.8, 4) is 22.8 Å². The van der Waals surface area contributed by atoms with E-state index in [2.05, 4.69) is 15.3 Å². The highest BCUT2D eigenvalue weighted by Gasteiger charge is 2.13. The predicted octanol–water partition coefficient (Wildman–Crippen LogP) is 3.48. The van der Waals surface area contributed by atoms with Crippen molar-refractivity contribution in [1.82, 2.24) is 9.97 Å². The number of rotatable bonds is 4. The van der Waals surface area contributed by atoms with Crippen LogP contribution in [0.5, 0.6) is 11.5 Å². The summed E-state index contributed by atoms with van der Waals surface area (Å²) >= 11 is 0. The molecule has 1 N–H and O–H groups in total. The van der Waals surface area contributed by atoms with Gasteiger partial charge in [0.15, 0.2) is 11.5 Å². The number of anilines is 1. The van der Waals surface area contributed by atoms with Crippen molar-refractivity contribution >= 4 is 5.95 Å². The molecule has 0 aliphatic carbocycles. The summed E-state index contributed by atoms with van der Waals surface area (Å²) in [4.78, 5) is 8.83. The summed E-state index contributed by atoms with van der Waals surface area (Å²) in [6.45, 7) is 0.906. The highest BCUT2D eigenvalue weighted by Crippen LogP contribution is 2.32. The molecule has 0 saturated heterocycles. The third-order valence-electron chi connectivity index (χ3n) is 3.61. The second kappa shape index (κ2) is 5.96. The summed E-state index contributed by atoms with van der Waals surface area (Å²) in [6.07, 6.45) is 1.76. The van der Waals surface area contributed by atoms with Crippen LogP contribution in [-0.2, 0) is 6.54 Å². The lowest BCUT2D eigenvalue weighted by molar-refractivity contribution is 0.174. The first-order valence-corrected chi connectivity index (χ1v) is 7.39. The lowest BCUT2D eigenvalue weighted by atomic mass is 10.1. The van der Waals surface area contributed by atoms with Gasteiger partial charge in [0.05, 0.1) is 5.69 Å². The molecular formula is C18H15N3O2. The van der Waals surface area contributed by atoms with Gasteiger partial charge in [0.1, 0.15) is 0 Å². The van der Waals surface area contributed by atoms with E-state index in [-0.39, 0.29) is 6.79 Å². The molecule has 1 aliphatic heterocycles. The summed E-state index contributed by atoms with van der Waals surface area (Å²) in [6, 6.07) is 17.8. The molecule has 0 amide bonds. The van der Waals surface area contributed by atoms with Gasteiger partial charge in [-0.15, -0.1) is 0 Å². The van der Waals surface area contributed by atoms with Crippen molar-refractivity contribution in [2.24, 2.45) is 0 Å². The van der Waals surface area contributed by atoms with E-state index in [1.165, 1.54) is 0 Å². The molecule has 2 aromatic carbocycles. The largest absolute Gasteiger partial charge is 0.454 e. The monoisotopic (exact) mass is 305 g/mol. The molecule has 4 rings (SSSR count). The maximum absolute atomic E-state index is 5.39. The quantitative estimate of drug-likeness (QED) is 0.799. The van der Waals surface area contributed by atoms with Crippen molar-refractivity contribution < 1.29 is 9.47 Å². The number of nitrogens with zero attached hydrogens (tertiary/aromatic N) is 2. The predicted molar refractivity (Wildman–Crippen MR) is 87.4 cm³/mol. The van der Waals surface area contributed by atoms with Gasteiger partial charge in [-0.3, -0.25) is 0 Å². The molecule has 5 nitrogen and oxygen atoms in total. The van der Waals surface area contributed by atoms with E-state index in [1.807, 2.05) is 54.6 Å². The average Bonchev–Trinajstić information content (AvgIpc) is 3.09. The standard InChI is InChI=1S/C18H15N3O2/c1-2-4-14(5-3-1)15-8-9-19-18(21-15)20-11-13-6-7-16-17(10-13)23-12-22-16/h1-10H,11-12H2,(H,19,20,21). The number of hydrogen-bond donors (Lipinski definition) is 1. The molecule has 0 radical (unpaired) electrons. The summed E-state index contributed by atoms with van der Waals surface area (Å²) in [5.74, 6) is 2.17. The highest BCUT2D eigenvalue weighted by atomic mass is 16.7. The Labute approximate surface area is 133 Å². The van der Waals surface area contributed by atoms with Gasteiger partial charge in [0.25, 0.3) is 0 Å². The van der Waals surface area contributed by atoms with Gasteiger partial charge < -0.3 is 14.8 Å². The van der Waals surface area contributed by atoms with Gasteiger partial charge in [0.2, 0.25) is 12.7 Å². The summed E-state index contributed by atoms with van der Waals surface area (Å²) in [5, 5.41) is 3.24. The molecule has 114 valence electrons. The molecule has 3 aromatic rings. The minimum Gasteiger partial charge on any atom is -0.454 e. The lowest BCUT2D eigenvalue weighted by Crippen LogP contribution is -2.03. The molecule has 2 heterocycles. The van der Waals surface area contributed by atoms with E-state index in [0.29, 0.717) is 12.5 Å². The molecule has 1 aliphatic rings. The normalized spacial score (nSPS) is 12.2. The van der Waals surface area contributed by atoms with Crippen LogP contribution in [0.25, 0.3) is 11.3 Å². The first kappa shape index (κ1) is 13.6. The van der Waals surface area contributed by atoms with Crippen molar-refractivity contribution in [3.63, 3.8) is 0 Å². The molecule has 0 saturated carbocycles. The third-order valence-corrected chi connectivity index (χ3v) is 3.61. The zero-order chi connectivity index (χ0) is 15.5. The van der Waals surface area contributed by atoms with Crippen LogP contribution in [0.15, 0.2) is 60.8 Å². The summed E-state index contributed by atoms with van der Waals surface area (Å²) in [5.41, 5.74) is 3.05. The molecule has 5 heteroatoms. The van der Waals surface area contributed by atoms with E-state index < -0.39 is 0 Å². The van der Waals surface area contributed by atoms with Gasteiger partial charge in [0, 0.05) is 18.3 Å². The summed E-state index contributed by atoms with van der Waals surface area (Å²) in [7, 11) is 0. The maximum atomic E-state index is 5.39. The Bertz CT molecular complexity index is 822. The summed E-state index contributed by atoms with van der Waals surface area (Å²) < 4.78 is 10.7. The Morgan fingerprint density at radius 1 is 0.957 bits per heavy atom. The Hall–Kier alpha value is -3.08. The molecule has 1 aromatic heterocycles. The molecule has 0 atom stereocenters. The Balaban J connectivity index is 1.49. The number of fused-ring (bicyclic) bond motifs is 1. The number of aromatic nitrogens is 2. The Kier molecular flexibility index (Phi) is 3.52. The van der Waals surface area contributed by atoms with Crippen LogP contribution in [0.4, 0.5) is 5.95 Å². The van der Waals surface area contributed by atoms with Crippen LogP contribution in [0, 0.1) is 0 Å². The molecule has 23 heavy (non-hydrogen) atoms. The average molecular weight is 305 g/mol. The fourth-order valence-corrected chi connectivity index (χ4v) is 2.45. The van der Waals surface area contributed by atoms with Gasteiger partial charge in [-0.05, 0) is 23.8 Å². The minimum atomic E-state index is 0.286. The second-order valence-corrected chi connectivity index (χ2v) is 5.17. The van der Waals surface area contributed by atoms with E-state index in [4.69, 9.17) is 9.47 Å². The fourth-order valence-electron chi connectivity index (χ4n) is 2.45. The van der Waals surface area contributed by atoms with E-state index in [1.54, 1.807) is 6.20 Å². The molecule has 0 unspecified atom stereocenters. The fraction of sp³-hybridized carbons (Fsp3) is 0.111. The molecular weight excluding hydrogens is 290 g/mol. The van der Waals surface area contributed by atoms with Crippen molar-refractivity contribution in [2.45, 2.75) is 6.54 Å². The van der Waals surface area contributed by atoms with Crippen LogP contribution in [-0.4, -0.2) is 16.8 Å². The van der Waals surface area contributed by atoms with E-state index >= 15 is 0 Å². The number of nitrogens with one attached hydrogen (secondary N) is 1. The first-order chi connectivity index (χ1) is 11.4. The van der Waals surface area contributed by atoms with E-state index in [9.17, 15) is 0 Å². The Morgan fingerprint density at radius 2 is 1.83 bits per heavy atom. The van der Waals surface area contributed by atoms with Crippen LogP contribution in [0.3, 0.4) is 0 Å². The molecule has 0 bridgehead atoms. The second-order valence-electron chi connectivity index (χ2n) is 5.17.